The maximum absolute atomic E-state index is 12.0. The molecule has 1 aromatic carbocycles. The van der Waals surface area contributed by atoms with Crippen molar-refractivity contribution in [2.75, 3.05) is 5.32 Å². The summed E-state index contributed by atoms with van der Waals surface area (Å²) in [5, 5.41) is 18.6. The lowest BCUT2D eigenvalue weighted by atomic mass is 9.93. The van der Waals surface area contributed by atoms with Gasteiger partial charge in [-0.15, -0.1) is 0 Å². The number of anilines is 2. The van der Waals surface area contributed by atoms with Crippen LogP contribution in [0.2, 0.25) is 0 Å². The highest BCUT2D eigenvalue weighted by Gasteiger charge is 2.20. The molecule has 1 aromatic heterocycles. The van der Waals surface area contributed by atoms with Gasteiger partial charge >= 0.3 is 6.03 Å². The van der Waals surface area contributed by atoms with Crippen LogP contribution in [0.15, 0.2) is 48.8 Å². The maximum atomic E-state index is 12.0. The zero-order valence-electron chi connectivity index (χ0n) is 14.1. The van der Waals surface area contributed by atoms with Crippen LogP contribution in [0.4, 0.5) is 16.2 Å². The van der Waals surface area contributed by atoms with E-state index in [0.717, 1.165) is 42.6 Å². The van der Waals surface area contributed by atoms with E-state index in [2.05, 4.69) is 20.9 Å². The zero-order valence-corrected chi connectivity index (χ0v) is 14.1. The number of pyridine rings is 1. The normalized spacial score (nSPS) is 19.9. The number of hydrogen-bond acceptors (Lipinski definition) is 4. The first-order valence-corrected chi connectivity index (χ1v) is 8.67. The maximum Gasteiger partial charge on any atom is 0.315 e. The van der Waals surface area contributed by atoms with E-state index in [1.807, 2.05) is 36.4 Å². The molecule has 0 atom stereocenters. The Balaban J connectivity index is 1.43. The Labute approximate surface area is 147 Å². The molecule has 25 heavy (non-hydrogen) atoms. The van der Waals surface area contributed by atoms with Crippen LogP contribution in [0, 0.1) is 0 Å². The summed E-state index contributed by atoms with van der Waals surface area (Å²) in [6.07, 6.45) is 6.47. The Morgan fingerprint density at radius 2 is 1.64 bits per heavy atom. The van der Waals surface area contributed by atoms with Gasteiger partial charge in [0, 0.05) is 36.4 Å². The van der Waals surface area contributed by atoms with Gasteiger partial charge in [0.05, 0.1) is 6.10 Å². The summed E-state index contributed by atoms with van der Waals surface area (Å²) in [5.74, 6) is 0. The van der Waals surface area contributed by atoms with Crippen molar-refractivity contribution in [2.24, 2.45) is 0 Å². The molecule has 2 aromatic rings. The molecule has 1 aliphatic carbocycles. The quantitative estimate of drug-likeness (QED) is 0.674. The van der Waals surface area contributed by atoms with E-state index >= 15 is 0 Å². The van der Waals surface area contributed by atoms with Crippen LogP contribution in [0.1, 0.15) is 31.2 Å². The molecular formula is C19H24N4O2. The minimum atomic E-state index is -0.208. The fourth-order valence-corrected chi connectivity index (χ4v) is 2.95. The summed E-state index contributed by atoms with van der Waals surface area (Å²) in [5.41, 5.74) is 3.01. The number of rotatable bonds is 5. The lowest BCUT2D eigenvalue weighted by molar-refractivity contribution is 0.117. The summed E-state index contributed by atoms with van der Waals surface area (Å²) in [6.45, 7) is 0.483. The summed E-state index contributed by atoms with van der Waals surface area (Å²) in [4.78, 5) is 16.0. The van der Waals surface area contributed by atoms with Gasteiger partial charge in [0.1, 0.15) is 0 Å². The van der Waals surface area contributed by atoms with E-state index < -0.39 is 0 Å². The van der Waals surface area contributed by atoms with Crippen LogP contribution in [0.5, 0.6) is 0 Å². The highest BCUT2D eigenvalue weighted by atomic mass is 16.3. The predicted octanol–water partition coefficient (Wildman–Crippen LogP) is 2.93. The van der Waals surface area contributed by atoms with Crippen molar-refractivity contribution >= 4 is 17.4 Å². The number of aliphatic hydroxyl groups excluding tert-OH is 1. The standard InChI is InChI=1S/C19H24N4O2/c24-18-7-5-16(6-8-18)23-19(25)21-13-14-1-3-15(4-2-14)22-17-9-11-20-12-10-17/h1-4,9-12,16,18,24H,5-8,13H2,(H,20,22)(H2,21,23,25). The summed E-state index contributed by atoms with van der Waals surface area (Å²) in [6, 6.07) is 11.8. The fourth-order valence-electron chi connectivity index (χ4n) is 2.95. The van der Waals surface area contributed by atoms with Crippen molar-refractivity contribution in [1.82, 2.24) is 15.6 Å². The van der Waals surface area contributed by atoms with Crippen molar-refractivity contribution < 1.29 is 9.90 Å². The molecule has 1 saturated carbocycles. The third-order valence-corrected chi connectivity index (χ3v) is 4.41. The molecule has 4 N–H and O–H groups in total. The number of carbonyl (C=O) groups is 1. The Morgan fingerprint density at radius 3 is 2.32 bits per heavy atom. The van der Waals surface area contributed by atoms with Gasteiger partial charge in [-0.05, 0) is 55.5 Å². The number of amides is 2. The van der Waals surface area contributed by atoms with Crippen LogP contribution in [-0.4, -0.2) is 28.3 Å². The molecule has 0 unspecified atom stereocenters. The Bertz CT molecular complexity index is 668. The second kappa shape index (κ2) is 8.48. The van der Waals surface area contributed by atoms with Gasteiger partial charge in [0.15, 0.2) is 0 Å². The molecule has 132 valence electrons. The Kier molecular flexibility index (Phi) is 5.85. The minimum absolute atomic E-state index is 0.152. The number of benzene rings is 1. The van der Waals surface area contributed by atoms with Gasteiger partial charge in [-0.25, -0.2) is 4.79 Å². The number of aliphatic hydroxyl groups is 1. The minimum Gasteiger partial charge on any atom is -0.393 e. The van der Waals surface area contributed by atoms with Crippen molar-refractivity contribution in [3.63, 3.8) is 0 Å². The smallest absolute Gasteiger partial charge is 0.315 e. The molecular weight excluding hydrogens is 316 g/mol. The van der Waals surface area contributed by atoms with Gasteiger partial charge in [-0.2, -0.15) is 0 Å². The number of aromatic nitrogens is 1. The largest absolute Gasteiger partial charge is 0.393 e. The molecule has 1 fully saturated rings. The van der Waals surface area contributed by atoms with Gasteiger partial charge in [-0.1, -0.05) is 12.1 Å². The molecule has 2 amide bonds. The number of urea groups is 1. The Morgan fingerprint density at radius 1 is 1.00 bits per heavy atom. The predicted molar refractivity (Wildman–Crippen MR) is 97.6 cm³/mol. The van der Waals surface area contributed by atoms with E-state index in [1.54, 1.807) is 12.4 Å². The topological polar surface area (TPSA) is 86.3 Å². The van der Waals surface area contributed by atoms with Crippen molar-refractivity contribution in [3.05, 3.63) is 54.4 Å². The number of hydrogen-bond donors (Lipinski definition) is 4. The average molecular weight is 340 g/mol. The average Bonchev–Trinajstić information content (AvgIpc) is 2.64. The van der Waals surface area contributed by atoms with Gasteiger partial charge < -0.3 is 21.1 Å². The molecule has 1 heterocycles. The van der Waals surface area contributed by atoms with Gasteiger partial charge in [0.25, 0.3) is 0 Å². The molecule has 0 aliphatic heterocycles. The van der Waals surface area contributed by atoms with E-state index in [9.17, 15) is 9.90 Å². The van der Waals surface area contributed by atoms with Crippen LogP contribution >= 0.6 is 0 Å². The lowest BCUT2D eigenvalue weighted by Gasteiger charge is -2.26. The molecule has 0 spiro atoms. The number of nitrogens with zero attached hydrogens (tertiary/aromatic N) is 1. The van der Waals surface area contributed by atoms with Crippen molar-refractivity contribution in [2.45, 2.75) is 44.4 Å². The molecule has 1 aliphatic rings. The zero-order chi connectivity index (χ0) is 17.5. The third kappa shape index (κ3) is 5.46. The van der Waals surface area contributed by atoms with Crippen LogP contribution in [-0.2, 0) is 6.54 Å². The van der Waals surface area contributed by atoms with E-state index in [-0.39, 0.29) is 18.2 Å². The highest BCUT2D eigenvalue weighted by Crippen LogP contribution is 2.18. The van der Waals surface area contributed by atoms with Crippen molar-refractivity contribution in [3.8, 4) is 0 Å². The molecule has 6 nitrogen and oxygen atoms in total. The van der Waals surface area contributed by atoms with Crippen LogP contribution < -0.4 is 16.0 Å². The number of carbonyl (C=O) groups excluding carboxylic acids is 1. The summed E-state index contributed by atoms with van der Waals surface area (Å²) >= 11 is 0. The van der Waals surface area contributed by atoms with E-state index in [1.165, 1.54) is 0 Å². The van der Waals surface area contributed by atoms with E-state index in [4.69, 9.17) is 0 Å². The monoisotopic (exact) mass is 340 g/mol. The molecule has 0 radical (unpaired) electrons. The number of nitrogens with one attached hydrogen (secondary N) is 3. The highest BCUT2D eigenvalue weighted by molar-refractivity contribution is 5.74. The molecule has 3 rings (SSSR count). The SMILES string of the molecule is O=C(NCc1ccc(Nc2ccncc2)cc1)NC1CCC(O)CC1. The summed E-state index contributed by atoms with van der Waals surface area (Å²) in [7, 11) is 0. The summed E-state index contributed by atoms with van der Waals surface area (Å²) < 4.78 is 0. The van der Waals surface area contributed by atoms with Crippen molar-refractivity contribution in [1.29, 1.82) is 0 Å². The first kappa shape index (κ1) is 17.2. The Hall–Kier alpha value is -2.60. The third-order valence-electron chi connectivity index (χ3n) is 4.41. The van der Waals surface area contributed by atoms with Crippen LogP contribution in [0.3, 0.4) is 0 Å². The van der Waals surface area contributed by atoms with Gasteiger partial charge in [0.2, 0.25) is 0 Å². The lowest BCUT2D eigenvalue weighted by Crippen LogP contribution is -2.43. The second-order valence-corrected chi connectivity index (χ2v) is 6.39. The molecule has 0 saturated heterocycles. The first-order valence-electron chi connectivity index (χ1n) is 8.67. The van der Waals surface area contributed by atoms with Crippen LogP contribution in [0.25, 0.3) is 0 Å². The van der Waals surface area contributed by atoms with Gasteiger partial charge in [-0.3, -0.25) is 4.98 Å². The fraction of sp³-hybridized carbons (Fsp3) is 0.368. The first-order chi connectivity index (χ1) is 12.2. The molecule has 0 bridgehead atoms. The molecule has 6 heteroatoms. The van der Waals surface area contributed by atoms with E-state index in [0.29, 0.717) is 6.54 Å². The second-order valence-electron chi connectivity index (χ2n) is 6.39.